The van der Waals surface area contributed by atoms with Crippen molar-refractivity contribution in [1.29, 1.82) is 5.26 Å². The Morgan fingerprint density at radius 1 is 1.41 bits per heavy atom. The van der Waals surface area contributed by atoms with Gasteiger partial charge in [-0.1, -0.05) is 0 Å². The number of hydrogen-bond donors (Lipinski definition) is 0. The van der Waals surface area contributed by atoms with Crippen LogP contribution >= 0.6 is 11.8 Å². The lowest BCUT2D eigenvalue weighted by Gasteiger charge is -2.30. The lowest BCUT2D eigenvalue weighted by Crippen LogP contribution is -2.40. The van der Waals surface area contributed by atoms with Gasteiger partial charge in [0.05, 0.1) is 17.7 Å². The highest BCUT2D eigenvalue weighted by Gasteiger charge is 2.28. The van der Waals surface area contributed by atoms with Gasteiger partial charge in [0.25, 0.3) is 0 Å². The molecule has 1 aromatic carbocycles. The normalized spacial score (nSPS) is 24.8. The van der Waals surface area contributed by atoms with E-state index in [0.717, 1.165) is 38.2 Å². The molecule has 0 spiro atoms. The van der Waals surface area contributed by atoms with Crippen molar-refractivity contribution < 1.29 is 9.13 Å². The molecule has 2 heterocycles. The first-order valence-corrected chi connectivity index (χ1v) is 9.03. The summed E-state index contributed by atoms with van der Waals surface area (Å²) in [6.07, 6.45) is 3.64. The van der Waals surface area contributed by atoms with Gasteiger partial charge in [0.2, 0.25) is 0 Å². The maximum absolute atomic E-state index is 14.1. The molecule has 0 bridgehead atoms. The molecule has 0 radical (unpaired) electrons. The minimum atomic E-state index is -0.220. The van der Waals surface area contributed by atoms with Gasteiger partial charge < -0.3 is 4.74 Å². The third-order valence-electron chi connectivity index (χ3n) is 4.43. The predicted octanol–water partition coefficient (Wildman–Crippen LogP) is 3.18. The molecule has 3 nitrogen and oxygen atoms in total. The van der Waals surface area contributed by atoms with E-state index in [1.165, 1.54) is 17.9 Å². The first-order valence-electron chi connectivity index (χ1n) is 7.88. The summed E-state index contributed by atoms with van der Waals surface area (Å²) in [5.41, 5.74) is 1.14. The second-order valence-corrected chi connectivity index (χ2v) is 7.15. The Morgan fingerprint density at radius 3 is 3.00 bits per heavy atom. The van der Waals surface area contributed by atoms with Crippen molar-refractivity contribution >= 4 is 11.8 Å². The Hall–Kier alpha value is -1.09. The van der Waals surface area contributed by atoms with E-state index in [9.17, 15) is 4.39 Å². The van der Waals surface area contributed by atoms with E-state index in [-0.39, 0.29) is 11.9 Å². The molecule has 1 aromatic rings. The Kier molecular flexibility index (Phi) is 5.35. The third-order valence-corrected chi connectivity index (χ3v) is 5.58. The van der Waals surface area contributed by atoms with Gasteiger partial charge in [-0.05, 0) is 43.2 Å². The van der Waals surface area contributed by atoms with Crippen LogP contribution in [-0.2, 0) is 11.3 Å². The van der Waals surface area contributed by atoms with E-state index < -0.39 is 0 Å². The maximum atomic E-state index is 14.1. The molecule has 0 unspecified atom stereocenters. The smallest absolute Gasteiger partial charge is 0.127 e. The average molecular weight is 320 g/mol. The molecule has 0 N–H and O–H groups in total. The Balaban J connectivity index is 1.75. The SMILES string of the molecule is N#Cc1ccc(F)c(CN(C[C@@H]2CCCO2)[C@@H]2CCSC2)c1. The summed E-state index contributed by atoms with van der Waals surface area (Å²) >= 11 is 1.96. The standard InChI is InChI=1S/C17H21FN2OS/c18-17-4-3-13(9-19)8-14(17)10-20(15-5-7-22-12-15)11-16-2-1-6-21-16/h3-4,8,15-16H,1-2,5-7,10-12H2/t15-,16+/m1/s1. The van der Waals surface area contributed by atoms with Gasteiger partial charge in [-0.3, -0.25) is 4.90 Å². The van der Waals surface area contributed by atoms with Gasteiger partial charge in [0.15, 0.2) is 0 Å². The molecule has 2 atom stereocenters. The van der Waals surface area contributed by atoms with E-state index in [0.29, 0.717) is 23.7 Å². The number of benzene rings is 1. The Labute approximate surface area is 135 Å². The molecule has 2 saturated heterocycles. The number of hydrogen-bond acceptors (Lipinski definition) is 4. The van der Waals surface area contributed by atoms with Crippen LogP contribution in [0.3, 0.4) is 0 Å². The number of ether oxygens (including phenoxy) is 1. The quantitative estimate of drug-likeness (QED) is 0.835. The molecule has 3 rings (SSSR count). The molecule has 0 aliphatic carbocycles. The van der Waals surface area contributed by atoms with Gasteiger partial charge >= 0.3 is 0 Å². The van der Waals surface area contributed by atoms with Gasteiger partial charge in [-0.15, -0.1) is 0 Å². The summed E-state index contributed by atoms with van der Waals surface area (Å²) in [7, 11) is 0. The number of thioether (sulfide) groups is 1. The highest BCUT2D eigenvalue weighted by atomic mass is 32.2. The van der Waals surface area contributed by atoms with Gasteiger partial charge in [-0.25, -0.2) is 4.39 Å². The average Bonchev–Trinajstić information content (AvgIpc) is 3.21. The van der Waals surface area contributed by atoms with Gasteiger partial charge in [0.1, 0.15) is 5.82 Å². The molecule has 5 heteroatoms. The molecule has 0 amide bonds. The third kappa shape index (κ3) is 3.81. The molecule has 2 aliphatic heterocycles. The minimum Gasteiger partial charge on any atom is -0.377 e. The Bertz CT molecular complexity index is 548. The van der Waals surface area contributed by atoms with E-state index in [1.807, 2.05) is 11.8 Å². The highest BCUT2D eigenvalue weighted by Crippen LogP contribution is 2.26. The summed E-state index contributed by atoms with van der Waals surface area (Å²) in [5, 5.41) is 9.02. The van der Waals surface area contributed by atoms with Crippen LogP contribution in [0, 0.1) is 17.1 Å². The number of nitrogens with zero attached hydrogens (tertiary/aromatic N) is 2. The monoisotopic (exact) mass is 320 g/mol. The van der Waals surface area contributed by atoms with Crippen molar-refractivity contribution in [2.45, 2.75) is 38.0 Å². The zero-order valence-electron chi connectivity index (χ0n) is 12.6. The van der Waals surface area contributed by atoms with Crippen molar-refractivity contribution in [3.8, 4) is 6.07 Å². The zero-order chi connectivity index (χ0) is 15.4. The summed E-state index contributed by atoms with van der Waals surface area (Å²) < 4.78 is 19.9. The fourth-order valence-corrected chi connectivity index (χ4v) is 4.44. The topological polar surface area (TPSA) is 36.3 Å². The van der Waals surface area contributed by atoms with E-state index in [4.69, 9.17) is 10.00 Å². The van der Waals surface area contributed by atoms with Crippen LogP contribution in [0.2, 0.25) is 0 Å². The Morgan fingerprint density at radius 2 is 2.32 bits per heavy atom. The maximum Gasteiger partial charge on any atom is 0.127 e. The van der Waals surface area contributed by atoms with Crippen LogP contribution in [-0.4, -0.2) is 41.7 Å². The molecular weight excluding hydrogens is 299 g/mol. The predicted molar refractivity (Wildman–Crippen MR) is 86.2 cm³/mol. The van der Waals surface area contributed by atoms with E-state index in [2.05, 4.69) is 11.0 Å². The van der Waals surface area contributed by atoms with Crippen LogP contribution in [0.15, 0.2) is 18.2 Å². The molecule has 0 aromatic heterocycles. The van der Waals surface area contributed by atoms with Crippen LogP contribution in [0.1, 0.15) is 30.4 Å². The minimum absolute atomic E-state index is 0.220. The second-order valence-electron chi connectivity index (χ2n) is 6.00. The summed E-state index contributed by atoms with van der Waals surface area (Å²) in [4.78, 5) is 2.36. The number of nitriles is 1. The van der Waals surface area contributed by atoms with Crippen molar-refractivity contribution in [2.75, 3.05) is 24.7 Å². The van der Waals surface area contributed by atoms with E-state index >= 15 is 0 Å². The molecule has 22 heavy (non-hydrogen) atoms. The fraction of sp³-hybridized carbons (Fsp3) is 0.588. The largest absolute Gasteiger partial charge is 0.377 e. The molecule has 2 aliphatic rings. The van der Waals surface area contributed by atoms with Crippen molar-refractivity contribution in [3.05, 3.63) is 35.1 Å². The first kappa shape index (κ1) is 15.8. The highest BCUT2D eigenvalue weighted by molar-refractivity contribution is 7.99. The summed E-state index contributed by atoms with van der Waals surface area (Å²) in [6, 6.07) is 7.20. The fourth-order valence-electron chi connectivity index (χ4n) is 3.19. The lowest BCUT2D eigenvalue weighted by molar-refractivity contribution is 0.0571. The van der Waals surface area contributed by atoms with Crippen LogP contribution in [0.5, 0.6) is 0 Å². The first-order chi connectivity index (χ1) is 10.8. The van der Waals surface area contributed by atoms with Crippen LogP contribution < -0.4 is 0 Å². The summed E-state index contributed by atoms with van der Waals surface area (Å²) in [5.74, 6) is 2.06. The summed E-state index contributed by atoms with van der Waals surface area (Å²) in [6.45, 7) is 2.27. The number of rotatable bonds is 5. The van der Waals surface area contributed by atoms with Crippen molar-refractivity contribution in [1.82, 2.24) is 4.90 Å². The van der Waals surface area contributed by atoms with Crippen molar-refractivity contribution in [2.24, 2.45) is 0 Å². The van der Waals surface area contributed by atoms with Crippen molar-refractivity contribution in [3.63, 3.8) is 0 Å². The molecule has 0 saturated carbocycles. The lowest BCUT2D eigenvalue weighted by atomic mass is 10.1. The molecular formula is C17H21FN2OS. The second kappa shape index (κ2) is 7.45. The van der Waals surface area contributed by atoms with Crippen LogP contribution in [0.4, 0.5) is 4.39 Å². The number of halogens is 1. The van der Waals surface area contributed by atoms with Gasteiger partial charge in [0, 0.05) is 37.1 Å². The van der Waals surface area contributed by atoms with Gasteiger partial charge in [-0.2, -0.15) is 17.0 Å². The molecule has 118 valence electrons. The van der Waals surface area contributed by atoms with Crippen LogP contribution in [0.25, 0.3) is 0 Å². The zero-order valence-corrected chi connectivity index (χ0v) is 13.4. The van der Waals surface area contributed by atoms with E-state index in [1.54, 1.807) is 6.07 Å². The molecule has 2 fully saturated rings.